The smallest absolute Gasteiger partial charge is 0.152 e. The van der Waals surface area contributed by atoms with Crippen LogP contribution in [0.5, 0.6) is 0 Å². The van der Waals surface area contributed by atoms with E-state index in [0.717, 1.165) is 12.1 Å². The Morgan fingerprint density at radius 2 is 2.47 bits per heavy atom. The van der Waals surface area contributed by atoms with Gasteiger partial charge in [-0.2, -0.15) is 5.10 Å². The number of hydrogen-bond acceptors (Lipinski definition) is 4. The Morgan fingerprint density at radius 1 is 1.67 bits per heavy atom. The fourth-order valence-electron chi connectivity index (χ4n) is 1.86. The molecule has 1 aliphatic rings. The molecule has 0 amide bonds. The SMILES string of the molecule is CNCc1cnn(C2CCS(=O)(=O)C2)c1. The van der Waals surface area contributed by atoms with E-state index in [1.807, 2.05) is 13.2 Å². The van der Waals surface area contributed by atoms with Gasteiger partial charge in [0.15, 0.2) is 9.84 Å². The lowest BCUT2D eigenvalue weighted by Crippen LogP contribution is -2.11. The first-order chi connectivity index (χ1) is 7.11. The Labute approximate surface area is 89.4 Å². The zero-order valence-electron chi connectivity index (χ0n) is 8.68. The van der Waals surface area contributed by atoms with Gasteiger partial charge in [-0.3, -0.25) is 4.68 Å². The van der Waals surface area contributed by atoms with Gasteiger partial charge in [-0.25, -0.2) is 8.42 Å². The summed E-state index contributed by atoms with van der Waals surface area (Å²) in [6.07, 6.45) is 4.38. The van der Waals surface area contributed by atoms with Gasteiger partial charge < -0.3 is 5.32 Å². The van der Waals surface area contributed by atoms with E-state index in [-0.39, 0.29) is 11.8 Å². The van der Waals surface area contributed by atoms with Gasteiger partial charge in [0.25, 0.3) is 0 Å². The maximum atomic E-state index is 11.3. The van der Waals surface area contributed by atoms with Crippen LogP contribution in [-0.4, -0.2) is 36.8 Å². The largest absolute Gasteiger partial charge is 0.316 e. The maximum absolute atomic E-state index is 11.3. The van der Waals surface area contributed by atoms with Crippen molar-refractivity contribution >= 4 is 9.84 Å². The third-order valence-corrected chi connectivity index (χ3v) is 4.37. The first-order valence-corrected chi connectivity index (χ1v) is 6.81. The van der Waals surface area contributed by atoms with Crippen LogP contribution < -0.4 is 5.32 Å². The van der Waals surface area contributed by atoms with E-state index in [9.17, 15) is 8.42 Å². The summed E-state index contributed by atoms with van der Waals surface area (Å²) in [6, 6.07) is 0.0283. The normalized spacial score (nSPS) is 24.5. The second kappa shape index (κ2) is 3.94. The number of rotatable bonds is 3. The molecular weight excluding hydrogens is 214 g/mol. The molecule has 1 aliphatic heterocycles. The first kappa shape index (κ1) is 10.6. The van der Waals surface area contributed by atoms with Gasteiger partial charge in [-0.1, -0.05) is 0 Å². The van der Waals surface area contributed by atoms with Crippen LogP contribution >= 0.6 is 0 Å². The zero-order chi connectivity index (χ0) is 10.9. The average molecular weight is 229 g/mol. The number of nitrogens with one attached hydrogen (secondary N) is 1. The molecule has 15 heavy (non-hydrogen) atoms. The summed E-state index contributed by atoms with van der Waals surface area (Å²) < 4.78 is 24.4. The molecule has 2 rings (SSSR count). The molecule has 0 spiro atoms. The lowest BCUT2D eigenvalue weighted by molar-refractivity contribution is 0.499. The molecule has 1 aromatic heterocycles. The molecular formula is C9H15N3O2S. The fraction of sp³-hybridized carbons (Fsp3) is 0.667. The molecule has 0 saturated carbocycles. The zero-order valence-corrected chi connectivity index (χ0v) is 9.50. The van der Waals surface area contributed by atoms with Crippen LogP contribution in [0.1, 0.15) is 18.0 Å². The minimum absolute atomic E-state index is 0.0283. The molecule has 0 aliphatic carbocycles. The molecule has 0 radical (unpaired) electrons. The highest BCUT2D eigenvalue weighted by Gasteiger charge is 2.29. The van der Waals surface area contributed by atoms with Crippen molar-refractivity contribution < 1.29 is 8.42 Å². The van der Waals surface area contributed by atoms with Gasteiger partial charge in [-0.05, 0) is 13.5 Å². The second-order valence-electron chi connectivity index (χ2n) is 3.92. The lowest BCUT2D eigenvalue weighted by atomic mass is 10.3. The van der Waals surface area contributed by atoms with Crippen LogP contribution in [0.2, 0.25) is 0 Å². The van der Waals surface area contributed by atoms with Gasteiger partial charge in [0.2, 0.25) is 0 Å². The van der Waals surface area contributed by atoms with Crippen molar-refractivity contribution in [2.45, 2.75) is 19.0 Å². The number of aromatic nitrogens is 2. The summed E-state index contributed by atoms with van der Waals surface area (Å²) in [5.74, 6) is 0.520. The summed E-state index contributed by atoms with van der Waals surface area (Å²) in [4.78, 5) is 0. The molecule has 1 aromatic rings. The molecule has 1 unspecified atom stereocenters. The van der Waals surface area contributed by atoms with Gasteiger partial charge in [0.1, 0.15) is 0 Å². The lowest BCUT2D eigenvalue weighted by Gasteiger charge is -2.07. The quantitative estimate of drug-likeness (QED) is 0.790. The highest BCUT2D eigenvalue weighted by Crippen LogP contribution is 2.22. The molecule has 84 valence electrons. The van der Waals surface area contributed by atoms with Crippen LogP contribution in [0.3, 0.4) is 0 Å². The molecule has 5 nitrogen and oxygen atoms in total. The topological polar surface area (TPSA) is 64.0 Å². The number of sulfone groups is 1. The minimum Gasteiger partial charge on any atom is -0.316 e. The third-order valence-electron chi connectivity index (χ3n) is 2.62. The molecule has 0 aromatic carbocycles. The van der Waals surface area contributed by atoms with E-state index >= 15 is 0 Å². The molecule has 1 fully saturated rings. The predicted octanol–water partition coefficient (Wildman–Crippen LogP) is -0.0379. The highest BCUT2D eigenvalue weighted by atomic mass is 32.2. The monoisotopic (exact) mass is 229 g/mol. The summed E-state index contributed by atoms with van der Waals surface area (Å²) in [5.41, 5.74) is 1.08. The molecule has 2 heterocycles. The Bertz CT molecular complexity index is 438. The van der Waals surface area contributed by atoms with E-state index < -0.39 is 9.84 Å². The Kier molecular flexibility index (Phi) is 2.79. The summed E-state index contributed by atoms with van der Waals surface area (Å²) in [7, 11) is -0.951. The van der Waals surface area contributed by atoms with E-state index in [1.54, 1.807) is 10.9 Å². The summed E-state index contributed by atoms with van der Waals surface area (Å²) in [5, 5.41) is 7.23. The van der Waals surface area contributed by atoms with Crippen molar-refractivity contribution in [1.29, 1.82) is 0 Å². The van der Waals surface area contributed by atoms with Gasteiger partial charge in [0, 0.05) is 18.3 Å². The van der Waals surface area contributed by atoms with Crippen LogP contribution in [0.25, 0.3) is 0 Å². The van der Waals surface area contributed by atoms with Crippen molar-refractivity contribution in [3.63, 3.8) is 0 Å². The van der Waals surface area contributed by atoms with Crippen LogP contribution in [0.4, 0.5) is 0 Å². The molecule has 1 atom stereocenters. The van der Waals surface area contributed by atoms with Gasteiger partial charge >= 0.3 is 0 Å². The van der Waals surface area contributed by atoms with Crippen LogP contribution in [0, 0.1) is 0 Å². The summed E-state index contributed by atoms with van der Waals surface area (Å²) >= 11 is 0. The van der Waals surface area contributed by atoms with E-state index in [1.165, 1.54) is 0 Å². The Balaban J connectivity index is 2.10. The van der Waals surface area contributed by atoms with Crippen molar-refractivity contribution in [2.24, 2.45) is 0 Å². The number of hydrogen-bond donors (Lipinski definition) is 1. The predicted molar refractivity (Wildman–Crippen MR) is 57.3 cm³/mol. The summed E-state index contributed by atoms with van der Waals surface area (Å²) in [6.45, 7) is 0.763. The highest BCUT2D eigenvalue weighted by molar-refractivity contribution is 7.91. The molecule has 0 bridgehead atoms. The minimum atomic E-state index is -2.82. The van der Waals surface area contributed by atoms with Crippen molar-refractivity contribution in [1.82, 2.24) is 15.1 Å². The average Bonchev–Trinajstić information content (AvgIpc) is 2.73. The van der Waals surface area contributed by atoms with Crippen LogP contribution in [-0.2, 0) is 16.4 Å². The second-order valence-corrected chi connectivity index (χ2v) is 6.14. The molecule has 1 N–H and O–H groups in total. The Hall–Kier alpha value is -0.880. The van der Waals surface area contributed by atoms with Crippen molar-refractivity contribution in [3.8, 4) is 0 Å². The van der Waals surface area contributed by atoms with Gasteiger partial charge in [0.05, 0.1) is 23.7 Å². The standard InChI is InChI=1S/C9H15N3O2S/c1-10-4-8-5-11-12(6-8)9-2-3-15(13,14)7-9/h5-6,9-10H,2-4,7H2,1H3. The fourth-order valence-corrected chi connectivity index (χ4v) is 3.56. The third kappa shape index (κ3) is 2.38. The molecule has 1 saturated heterocycles. The molecule has 6 heteroatoms. The van der Waals surface area contributed by atoms with E-state index in [0.29, 0.717) is 12.2 Å². The van der Waals surface area contributed by atoms with Gasteiger partial charge in [-0.15, -0.1) is 0 Å². The Morgan fingerprint density at radius 3 is 3.07 bits per heavy atom. The van der Waals surface area contributed by atoms with Crippen molar-refractivity contribution in [3.05, 3.63) is 18.0 Å². The first-order valence-electron chi connectivity index (χ1n) is 4.99. The van der Waals surface area contributed by atoms with Crippen molar-refractivity contribution in [2.75, 3.05) is 18.6 Å². The maximum Gasteiger partial charge on any atom is 0.152 e. The van der Waals surface area contributed by atoms with Crippen LogP contribution in [0.15, 0.2) is 12.4 Å². The number of nitrogens with zero attached hydrogens (tertiary/aromatic N) is 2. The van der Waals surface area contributed by atoms with E-state index in [2.05, 4.69) is 10.4 Å². The van der Waals surface area contributed by atoms with E-state index in [4.69, 9.17) is 0 Å².